The Hall–Kier alpha value is -0.460. The van der Waals surface area contributed by atoms with Crippen molar-refractivity contribution in [1.82, 2.24) is 20.4 Å². The highest BCUT2D eigenvalue weighted by Crippen LogP contribution is 2.27. The topological polar surface area (TPSA) is 47.6 Å². The van der Waals surface area contributed by atoms with Crippen LogP contribution in [0.3, 0.4) is 0 Å². The van der Waals surface area contributed by atoms with E-state index in [-0.39, 0.29) is 6.03 Å². The van der Waals surface area contributed by atoms with Gasteiger partial charge in [-0.15, -0.1) is 0 Å². The third kappa shape index (κ3) is 5.63. The predicted molar refractivity (Wildman–Crippen MR) is 94.6 cm³/mol. The molecule has 0 unspecified atom stereocenters. The average Bonchev–Trinajstić information content (AvgIpc) is 2.95. The summed E-state index contributed by atoms with van der Waals surface area (Å²) in [5.74, 6) is 0. The van der Waals surface area contributed by atoms with Gasteiger partial charge in [0.2, 0.25) is 0 Å². The van der Waals surface area contributed by atoms with Crippen LogP contribution < -0.4 is 10.6 Å². The number of amides is 2. The smallest absolute Gasteiger partial charge is 0.315 e. The number of rotatable bonds is 6. The predicted octanol–water partition coefficient (Wildman–Crippen LogP) is 1.60. The Labute approximate surface area is 139 Å². The van der Waals surface area contributed by atoms with Crippen LogP contribution in [-0.2, 0) is 0 Å². The van der Waals surface area contributed by atoms with Gasteiger partial charge in [0, 0.05) is 30.4 Å². The van der Waals surface area contributed by atoms with E-state index in [2.05, 4.69) is 40.8 Å². The molecule has 128 valence electrons. The third-order valence-electron chi connectivity index (χ3n) is 5.05. The van der Waals surface area contributed by atoms with Crippen LogP contribution in [0.2, 0.25) is 0 Å². The Morgan fingerprint density at radius 2 is 1.95 bits per heavy atom. The number of hydrogen-bond donors (Lipinski definition) is 2. The summed E-state index contributed by atoms with van der Waals surface area (Å²) in [6.45, 7) is 4.00. The van der Waals surface area contributed by atoms with Crippen molar-refractivity contribution >= 4 is 17.8 Å². The zero-order valence-electron chi connectivity index (χ0n) is 14.3. The largest absolute Gasteiger partial charge is 0.337 e. The standard InChI is InChI=1S/C16H32N4OS/c1-19(2)14-6-9-20(10-7-14)11-8-17-16(21)18-13-4-5-15(12-13)22-3/h13-15H,4-12H2,1-3H3,(H2,17,18,21)/t13-,15-/m1/s1. The van der Waals surface area contributed by atoms with Crippen molar-refractivity contribution in [2.45, 2.75) is 49.4 Å². The molecule has 2 rings (SSSR count). The molecular formula is C16H32N4OS. The van der Waals surface area contributed by atoms with Crippen molar-refractivity contribution in [1.29, 1.82) is 0 Å². The maximum Gasteiger partial charge on any atom is 0.315 e. The van der Waals surface area contributed by atoms with E-state index in [0.717, 1.165) is 50.3 Å². The summed E-state index contributed by atoms with van der Waals surface area (Å²) in [5.41, 5.74) is 0. The zero-order valence-corrected chi connectivity index (χ0v) is 15.1. The Bertz CT molecular complexity index is 345. The fourth-order valence-corrected chi connectivity index (χ4v) is 4.31. The number of carbonyl (C=O) groups excluding carboxylic acids is 1. The molecule has 1 aliphatic carbocycles. The van der Waals surface area contributed by atoms with E-state index in [1.165, 1.54) is 19.3 Å². The minimum Gasteiger partial charge on any atom is -0.337 e. The number of hydrogen-bond acceptors (Lipinski definition) is 4. The normalized spacial score (nSPS) is 27.3. The van der Waals surface area contributed by atoms with E-state index >= 15 is 0 Å². The molecule has 6 heteroatoms. The number of urea groups is 1. The molecule has 0 spiro atoms. The quantitative estimate of drug-likeness (QED) is 0.777. The van der Waals surface area contributed by atoms with E-state index in [1.54, 1.807) is 0 Å². The summed E-state index contributed by atoms with van der Waals surface area (Å²) in [5, 5.41) is 6.85. The van der Waals surface area contributed by atoms with Gasteiger partial charge in [-0.2, -0.15) is 11.8 Å². The van der Waals surface area contributed by atoms with Crippen molar-refractivity contribution in [3.63, 3.8) is 0 Å². The minimum absolute atomic E-state index is 0.00919. The highest BCUT2D eigenvalue weighted by molar-refractivity contribution is 7.99. The molecule has 1 saturated heterocycles. The summed E-state index contributed by atoms with van der Waals surface area (Å²) in [6, 6.07) is 1.10. The Morgan fingerprint density at radius 3 is 2.55 bits per heavy atom. The van der Waals surface area contributed by atoms with Crippen molar-refractivity contribution < 1.29 is 4.79 Å². The molecule has 0 radical (unpaired) electrons. The molecule has 1 saturated carbocycles. The van der Waals surface area contributed by atoms with Crippen molar-refractivity contribution in [3.8, 4) is 0 Å². The van der Waals surface area contributed by atoms with Crippen LogP contribution >= 0.6 is 11.8 Å². The lowest BCUT2D eigenvalue weighted by Crippen LogP contribution is -2.46. The lowest BCUT2D eigenvalue weighted by Gasteiger charge is -2.35. The molecule has 1 aliphatic heterocycles. The zero-order chi connectivity index (χ0) is 15.9. The molecule has 2 amide bonds. The van der Waals surface area contributed by atoms with Crippen molar-refractivity contribution in [3.05, 3.63) is 0 Å². The Morgan fingerprint density at radius 1 is 1.23 bits per heavy atom. The van der Waals surface area contributed by atoms with Crippen LogP contribution in [0.1, 0.15) is 32.1 Å². The lowest BCUT2D eigenvalue weighted by atomic mass is 10.0. The van der Waals surface area contributed by atoms with Crippen LogP contribution in [0.25, 0.3) is 0 Å². The number of piperidine rings is 1. The van der Waals surface area contributed by atoms with Crippen LogP contribution in [0.5, 0.6) is 0 Å². The van der Waals surface area contributed by atoms with Gasteiger partial charge < -0.3 is 20.4 Å². The first-order chi connectivity index (χ1) is 10.6. The summed E-state index contributed by atoms with van der Waals surface area (Å²) in [6.07, 6.45) is 8.10. The number of carbonyl (C=O) groups is 1. The van der Waals surface area contributed by atoms with E-state index in [1.807, 2.05) is 11.8 Å². The van der Waals surface area contributed by atoms with Gasteiger partial charge in [0.1, 0.15) is 0 Å². The number of nitrogens with zero attached hydrogens (tertiary/aromatic N) is 2. The Balaban J connectivity index is 1.54. The van der Waals surface area contributed by atoms with E-state index in [4.69, 9.17) is 0 Å². The minimum atomic E-state index is 0.00919. The first-order valence-corrected chi connectivity index (χ1v) is 9.83. The molecule has 22 heavy (non-hydrogen) atoms. The summed E-state index contributed by atoms with van der Waals surface area (Å²) in [7, 11) is 4.33. The maximum absolute atomic E-state index is 11.9. The van der Waals surface area contributed by atoms with Gasteiger partial charge >= 0.3 is 6.03 Å². The molecular weight excluding hydrogens is 296 g/mol. The number of thioether (sulfide) groups is 1. The second-order valence-electron chi connectivity index (χ2n) is 6.80. The van der Waals surface area contributed by atoms with Crippen LogP contribution in [0.4, 0.5) is 4.79 Å². The van der Waals surface area contributed by atoms with Crippen LogP contribution in [0, 0.1) is 0 Å². The molecule has 2 atom stereocenters. The van der Waals surface area contributed by atoms with Crippen molar-refractivity contribution in [2.24, 2.45) is 0 Å². The second kappa shape index (κ2) is 8.99. The summed E-state index contributed by atoms with van der Waals surface area (Å²) in [4.78, 5) is 16.7. The monoisotopic (exact) mass is 328 g/mol. The van der Waals surface area contributed by atoms with Gasteiger partial charge in [0.25, 0.3) is 0 Å². The summed E-state index contributed by atoms with van der Waals surface area (Å²) >= 11 is 1.92. The maximum atomic E-state index is 11.9. The molecule has 2 aliphatic rings. The molecule has 0 aromatic heterocycles. The van der Waals surface area contributed by atoms with Gasteiger partial charge in [-0.1, -0.05) is 0 Å². The lowest BCUT2D eigenvalue weighted by molar-refractivity contribution is 0.145. The number of nitrogens with one attached hydrogen (secondary N) is 2. The van der Waals surface area contributed by atoms with Gasteiger partial charge in [0.15, 0.2) is 0 Å². The van der Waals surface area contributed by atoms with Gasteiger partial charge in [-0.05, 0) is 65.5 Å². The molecule has 0 aromatic rings. The number of likely N-dealkylation sites (tertiary alicyclic amines) is 1. The molecule has 5 nitrogen and oxygen atoms in total. The molecule has 0 aromatic carbocycles. The van der Waals surface area contributed by atoms with E-state index < -0.39 is 0 Å². The Kier molecular flexibility index (Phi) is 7.31. The average molecular weight is 329 g/mol. The van der Waals surface area contributed by atoms with Crippen LogP contribution in [-0.4, -0.2) is 79.7 Å². The van der Waals surface area contributed by atoms with Gasteiger partial charge in [-0.3, -0.25) is 0 Å². The molecule has 2 fully saturated rings. The summed E-state index contributed by atoms with van der Waals surface area (Å²) < 4.78 is 0. The third-order valence-corrected chi connectivity index (χ3v) is 6.15. The SMILES string of the molecule is CS[C@@H]1CC[C@@H](NC(=O)NCCN2CCC(N(C)C)CC2)C1. The molecule has 1 heterocycles. The molecule has 0 bridgehead atoms. The second-order valence-corrected chi connectivity index (χ2v) is 7.94. The van der Waals surface area contributed by atoms with Gasteiger partial charge in [-0.25, -0.2) is 4.79 Å². The fourth-order valence-electron chi connectivity index (χ4n) is 3.51. The fraction of sp³-hybridized carbons (Fsp3) is 0.938. The van der Waals surface area contributed by atoms with E-state index in [9.17, 15) is 4.79 Å². The first kappa shape index (κ1) is 17.9. The van der Waals surface area contributed by atoms with Crippen molar-refractivity contribution in [2.75, 3.05) is 46.5 Å². The first-order valence-electron chi connectivity index (χ1n) is 8.54. The highest BCUT2D eigenvalue weighted by Gasteiger charge is 2.25. The van der Waals surface area contributed by atoms with Crippen LogP contribution in [0.15, 0.2) is 0 Å². The highest BCUT2D eigenvalue weighted by atomic mass is 32.2. The van der Waals surface area contributed by atoms with Gasteiger partial charge in [0.05, 0.1) is 0 Å². The van der Waals surface area contributed by atoms with E-state index in [0.29, 0.717) is 6.04 Å². The molecule has 2 N–H and O–H groups in total.